The van der Waals surface area contributed by atoms with Gasteiger partial charge in [-0.3, -0.25) is 4.90 Å². The predicted octanol–water partition coefficient (Wildman–Crippen LogP) is 7.61. The van der Waals surface area contributed by atoms with Gasteiger partial charge in [0, 0.05) is 46.5 Å². The molecule has 2 aliphatic heterocycles. The highest BCUT2D eigenvalue weighted by atomic mass is 35.5. The van der Waals surface area contributed by atoms with Crippen LogP contribution in [-0.2, 0) is 6.54 Å². The number of nitrogens with one attached hydrogen (secondary N) is 2. The Morgan fingerprint density at radius 1 is 1.00 bits per heavy atom. The first kappa shape index (κ1) is 24.6. The first-order chi connectivity index (χ1) is 17.8. The van der Waals surface area contributed by atoms with Gasteiger partial charge in [0.2, 0.25) is 0 Å². The summed E-state index contributed by atoms with van der Waals surface area (Å²) in [6.45, 7) is 4.73. The van der Waals surface area contributed by atoms with E-state index in [0.717, 1.165) is 40.0 Å². The number of fused-ring (bicyclic) bond motifs is 2. The summed E-state index contributed by atoms with van der Waals surface area (Å²) in [6, 6.07) is 19.4. The van der Waals surface area contributed by atoms with Crippen LogP contribution in [0.25, 0.3) is 11.1 Å². The largest absolute Gasteiger partial charge is 0.382 e. The maximum Gasteiger partial charge on any atom is 0.326 e. The lowest BCUT2D eigenvalue weighted by Gasteiger charge is -2.55. The molecule has 1 saturated heterocycles. The predicted molar refractivity (Wildman–Crippen MR) is 153 cm³/mol. The van der Waals surface area contributed by atoms with Gasteiger partial charge in [0.1, 0.15) is 0 Å². The molecule has 4 unspecified atom stereocenters. The summed E-state index contributed by atoms with van der Waals surface area (Å²) in [5.41, 5.74) is 6.48. The van der Waals surface area contributed by atoms with Crippen molar-refractivity contribution in [3.05, 3.63) is 75.8 Å². The number of anilines is 3. The van der Waals surface area contributed by atoms with Gasteiger partial charge in [-0.2, -0.15) is 0 Å². The topological polar surface area (TPSA) is 47.6 Å². The van der Waals surface area contributed by atoms with Gasteiger partial charge in [-0.25, -0.2) is 4.79 Å². The molecule has 0 radical (unpaired) electrons. The van der Waals surface area contributed by atoms with E-state index >= 15 is 0 Å². The number of para-hydroxylation sites is 1. The molecule has 2 amide bonds. The first-order valence-corrected chi connectivity index (χ1v) is 13.8. The molecule has 6 rings (SSSR count). The zero-order valence-corrected chi connectivity index (χ0v) is 22.9. The van der Waals surface area contributed by atoms with Gasteiger partial charge in [0.05, 0.1) is 16.4 Å². The van der Waals surface area contributed by atoms with E-state index in [0.29, 0.717) is 46.3 Å². The standard InChI is InChI=1S/C30H32Cl2N4O/c1-17-7-6-10-25(32)29(17)36-28-14-19(34-26-15-27-21(26)12-11-18(2)35(27)3)13-22(23(28)16-33-30(36)37)20-8-4-5-9-24(20)31/h4-10,13-14,18,21,26-27,34H,11-12,15-16H2,1-3H3,(H,33,37). The number of carbonyl (C=O) groups is 1. The van der Waals surface area contributed by atoms with Crippen LogP contribution < -0.4 is 15.5 Å². The van der Waals surface area contributed by atoms with Gasteiger partial charge in [-0.05, 0) is 81.5 Å². The van der Waals surface area contributed by atoms with E-state index in [4.69, 9.17) is 23.2 Å². The van der Waals surface area contributed by atoms with E-state index in [-0.39, 0.29) is 6.03 Å². The highest BCUT2D eigenvalue weighted by molar-refractivity contribution is 6.34. The van der Waals surface area contributed by atoms with Crippen molar-refractivity contribution >= 4 is 46.3 Å². The summed E-state index contributed by atoms with van der Waals surface area (Å²) in [7, 11) is 2.26. The molecule has 37 heavy (non-hydrogen) atoms. The van der Waals surface area contributed by atoms with Crippen LogP contribution in [-0.4, -0.2) is 36.1 Å². The molecule has 0 spiro atoms. The van der Waals surface area contributed by atoms with Crippen molar-refractivity contribution < 1.29 is 4.79 Å². The Labute approximate surface area is 228 Å². The molecular weight excluding hydrogens is 503 g/mol. The number of rotatable bonds is 4. The number of aryl methyl sites for hydroxylation is 1. The fourth-order valence-electron chi connectivity index (χ4n) is 6.41. The zero-order valence-electron chi connectivity index (χ0n) is 21.4. The molecule has 4 atom stereocenters. The Balaban J connectivity index is 1.46. The highest BCUT2D eigenvalue weighted by Gasteiger charge is 2.46. The molecule has 1 saturated carbocycles. The van der Waals surface area contributed by atoms with E-state index in [9.17, 15) is 4.79 Å². The van der Waals surface area contributed by atoms with E-state index in [2.05, 4.69) is 41.6 Å². The molecule has 2 fully saturated rings. The minimum absolute atomic E-state index is 0.183. The molecule has 0 bridgehead atoms. The smallest absolute Gasteiger partial charge is 0.326 e. The minimum Gasteiger partial charge on any atom is -0.382 e. The van der Waals surface area contributed by atoms with Crippen LogP contribution in [0.2, 0.25) is 10.0 Å². The summed E-state index contributed by atoms with van der Waals surface area (Å²) >= 11 is 13.4. The number of benzene rings is 3. The summed E-state index contributed by atoms with van der Waals surface area (Å²) in [5, 5.41) is 8.14. The third-order valence-electron chi connectivity index (χ3n) is 8.66. The average Bonchev–Trinajstić information content (AvgIpc) is 2.86. The fraction of sp³-hybridized carbons (Fsp3) is 0.367. The van der Waals surface area contributed by atoms with Crippen molar-refractivity contribution in [1.82, 2.24) is 10.2 Å². The number of carbonyl (C=O) groups excluding carboxylic acids is 1. The molecule has 3 aromatic rings. The number of likely N-dealkylation sites (tertiary alicyclic amines) is 1. The number of nitrogens with zero attached hydrogens (tertiary/aromatic N) is 2. The van der Waals surface area contributed by atoms with Gasteiger partial charge in [-0.15, -0.1) is 0 Å². The van der Waals surface area contributed by atoms with Crippen LogP contribution in [0, 0.1) is 12.8 Å². The SMILES string of the molecule is Cc1cccc(Cl)c1N1C(=O)NCc2c(-c3ccccc3Cl)cc(NC3CC4C3CCC(C)N4C)cc21. The van der Waals surface area contributed by atoms with Gasteiger partial charge in [0.15, 0.2) is 0 Å². The minimum atomic E-state index is -0.183. The maximum absolute atomic E-state index is 13.3. The monoisotopic (exact) mass is 534 g/mol. The van der Waals surface area contributed by atoms with E-state index in [1.165, 1.54) is 12.8 Å². The molecule has 5 nitrogen and oxygen atoms in total. The molecular formula is C30H32Cl2N4O. The second kappa shape index (κ2) is 9.54. The van der Waals surface area contributed by atoms with Crippen LogP contribution in [0.4, 0.5) is 21.9 Å². The number of hydrogen-bond donors (Lipinski definition) is 2. The lowest BCUT2D eigenvalue weighted by atomic mass is 9.67. The summed E-state index contributed by atoms with van der Waals surface area (Å²) in [5.74, 6) is 0.631. The zero-order chi connectivity index (χ0) is 25.8. The number of hydrogen-bond acceptors (Lipinski definition) is 3. The lowest BCUT2D eigenvalue weighted by molar-refractivity contribution is -0.00434. The first-order valence-electron chi connectivity index (χ1n) is 13.1. The average molecular weight is 536 g/mol. The number of amides is 2. The van der Waals surface area contributed by atoms with Crippen molar-refractivity contribution in [2.75, 3.05) is 17.3 Å². The summed E-state index contributed by atoms with van der Waals surface area (Å²) in [4.78, 5) is 17.6. The maximum atomic E-state index is 13.3. The quantitative estimate of drug-likeness (QED) is 0.362. The van der Waals surface area contributed by atoms with Gasteiger partial charge in [-0.1, -0.05) is 53.5 Å². The van der Waals surface area contributed by atoms with Gasteiger partial charge in [0.25, 0.3) is 0 Å². The van der Waals surface area contributed by atoms with Crippen molar-refractivity contribution in [3.8, 4) is 11.1 Å². The Hall–Kier alpha value is -2.73. The summed E-state index contributed by atoms with van der Waals surface area (Å²) in [6.07, 6.45) is 3.59. The van der Waals surface area contributed by atoms with Crippen LogP contribution in [0.5, 0.6) is 0 Å². The summed E-state index contributed by atoms with van der Waals surface area (Å²) < 4.78 is 0. The molecule has 1 aliphatic carbocycles. The third kappa shape index (κ3) is 4.18. The Morgan fingerprint density at radius 2 is 1.78 bits per heavy atom. The molecule has 7 heteroatoms. The molecule has 2 heterocycles. The van der Waals surface area contributed by atoms with E-state index in [1.54, 1.807) is 4.90 Å². The van der Waals surface area contributed by atoms with E-state index in [1.807, 2.05) is 49.4 Å². The van der Waals surface area contributed by atoms with Gasteiger partial charge >= 0.3 is 6.03 Å². The fourth-order valence-corrected chi connectivity index (χ4v) is 6.96. The molecule has 2 N–H and O–H groups in total. The molecule has 0 aromatic heterocycles. The van der Waals surface area contributed by atoms with Crippen LogP contribution >= 0.6 is 23.2 Å². The van der Waals surface area contributed by atoms with Crippen LogP contribution in [0.1, 0.15) is 37.3 Å². The highest BCUT2D eigenvalue weighted by Crippen LogP contribution is 2.46. The van der Waals surface area contributed by atoms with Crippen LogP contribution in [0.15, 0.2) is 54.6 Å². The molecule has 3 aliphatic rings. The second-order valence-electron chi connectivity index (χ2n) is 10.7. The van der Waals surface area contributed by atoms with Crippen molar-refractivity contribution in [2.24, 2.45) is 5.92 Å². The van der Waals surface area contributed by atoms with Crippen molar-refractivity contribution in [2.45, 2.75) is 57.8 Å². The Kier molecular flexibility index (Phi) is 6.34. The van der Waals surface area contributed by atoms with Crippen LogP contribution in [0.3, 0.4) is 0 Å². The number of urea groups is 1. The van der Waals surface area contributed by atoms with Gasteiger partial charge < -0.3 is 15.5 Å². The molecule has 192 valence electrons. The third-order valence-corrected chi connectivity index (χ3v) is 9.29. The Morgan fingerprint density at radius 3 is 2.57 bits per heavy atom. The normalized spacial score (nSPS) is 25.1. The Bertz CT molecular complexity index is 1360. The lowest BCUT2D eigenvalue weighted by Crippen LogP contribution is -2.61. The van der Waals surface area contributed by atoms with Crippen molar-refractivity contribution in [1.29, 1.82) is 0 Å². The second-order valence-corrected chi connectivity index (χ2v) is 11.5. The van der Waals surface area contributed by atoms with Crippen molar-refractivity contribution in [3.63, 3.8) is 0 Å². The van der Waals surface area contributed by atoms with E-state index < -0.39 is 0 Å². The number of piperidine rings is 1. The number of halogens is 2. The molecule has 3 aromatic carbocycles.